The molecule has 5 rings (SSSR count). The predicted molar refractivity (Wildman–Crippen MR) is 138 cm³/mol. The highest BCUT2D eigenvalue weighted by molar-refractivity contribution is 5.84. The molecule has 0 saturated heterocycles. The summed E-state index contributed by atoms with van der Waals surface area (Å²) in [7, 11) is 1.91. The van der Waals surface area contributed by atoms with Crippen LogP contribution in [0.15, 0.2) is 72.2 Å². The lowest BCUT2D eigenvalue weighted by molar-refractivity contribution is 0.404. The standard InChI is InChI=1S/C28H30N6O/c1-19-12-20(6-7-21(19)17-33-11-9-24(31-27(33)35)14-28(2,3)4)25-8-10-29-34-18-22(13-26(25)34)23-15-30-32(5)16-23/h6-13,15-16,18H,14,17H2,1-5H3. The van der Waals surface area contributed by atoms with Gasteiger partial charge in [-0.3, -0.25) is 9.25 Å². The zero-order chi connectivity index (χ0) is 24.7. The molecule has 0 aliphatic rings. The monoisotopic (exact) mass is 466 g/mol. The van der Waals surface area contributed by atoms with Crippen LogP contribution < -0.4 is 5.69 Å². The molecule has 0 amide bonds. The molecule has 0 saturated carbocycles. The van der Waals surface area contributed by atoms with Crippen LogP contribution in [0.4, 0.5) is 0 Å². The minimum atomic E-state index is -0.206. The van der Waals surface area contributed by atoms with Crippen LogP contribution in [0, 0.1) is 12.3 Å². The van der Waals surface area contributed by atoms with Crippen molar-refractivity contribution >= 4 is 5.52 Å². The van der Waals surface area contributed by atoms with Crippen molar-refractivity contribution < 1.29 is 0 Å². The summed E-state index contributed by atoms with van der Waals surface area (Å²) in [4.78, 5) is 16.9. The van der Waals surface area contributed by atoms with Crippen LogP contribution in [0.5, 0.6) is 0 Å². The average molecular weight is 467 g/mol. The van der Waals surface area contributed by atoms with Gasteiger partial charge in [0.25, 0.3) is 0 Å². The fourth-order valence-electron chi connectivity index (χ4n) is 4.44. The second-order valence-electron chi connectivity index (χ2n) is 10.4. The van der Waals surface area contributed by atoms with E-state index in [1.54, 1.807) is 9.25 Å². The normalized spacial score (nSPS) is 11.9. The zero-order valence-electron chi connectivity index (χ0n) is 20.9. The highest BCUT2D eigenvalue weighted by atomic mass is 16.1. The predicted octanol–water partition coefficient (Wildman–Crippen LogP) is 4.90. The smallest absolute Gasteiger partial charge is 0.295 e. The Morgan fingerprint density at radius 2 is 1.77 bits per heavy atom. The van der Waals surface area contributed by atoms with E-state index in [-0.39, 0.29) is 11.1 Å². The first-order chi connectivity index (χ1) is 16.7. The molecule has 0 aliphatic heterocycles. The van der Waals surface area contributed by atoms with Crippen molar-refractivity contribution in [2.24, 2.45) is 12.5 Å². The molecule has 5 aromatic rings. The van der Waals surface area contributed by atoms with Crippen LogP contribution in [-0.2, 0) is 20.0 Å². The Labute approximate surface area is 204 Å². The number of hydrogen-bond donors (Lipinski definition) is 0. The van der Waals surface area contributed by atoms with Crippen LogP contribution >= 0.6 is 0 Å². The minimum Gasteiger partial charge on any atom is -0.295 e. The SMILES string of the molecule is Cc1cc(-c2ccnn3cc(-c4cnn(C)c4)cc23)ccc1Cn1ccc(CC(C)(C)C)nc1=O. The first kappa shape index (κ1) is 22.8. The second-order valence-corrected chi connectivity index (χ2v) is 10.4. The molecule has 0 fully saturated rings. The van der Waals surface area contributed by atoms with Gasteiger partial charge < -0.3 is 0 Å². The molecule has 4 heterocycles. The molecule has 0 aliphatic carbocycles. The largest absolute Gasteiger partial charge is 0.348 e. The van der Waals surface area contributed by atoms with E-state index in [4.69, 9.17) is 0 Å². The van der Waals surface area contributed by atoms with Crippen molar-refractivity contribution in [3.8, 4) is 22.3 Å². The maximum absolute atomic E-state index is 12.6. The summed E-state index contributed by atoms with van der Waals surface area (Å²) in [6, 6.07) is 12.5. The molecule has 0 unspecified atom stereocenters. The van der Waals surface area contributed by atoms with E-state index < -0.39 is 0 Å². The number of fused-ring (bicyclic) bond motifs is 1. The van der Waals surface area contributed by atoms with Crippen LogP contribution in [0.2, 0.25) is 0 Å². The number of hydrogen-bond acceptors (Lipinski definition) is 4. The van der Waals surface area contributed by atoms with Gasteiger partial charge in [-0.15, -0.1) is 0 Å². The third kappa shape index (κ3) is 4.80. The summed E-state index contributed by atoms with van der Waals surface area (Å²) in [5.74, 6) is 0. The third-order valence-electron chi connectivity index (χ3n) is 6.18. The summed E-state index contributed by atoms with van der Waals surface area (Å²) in [6.45, 7) is 9.03. The summed E-state index contributed by atoms with van der Waals surface area (Å²) in [5.41, 5.74) is 8.34. The first-order valence-electron chi connectivity index (χ1n) is 11.8. The zero-order valence-corrected chi connectivity index (χ0v) is 20.9. The van der Waals surface area contributed by atoms with E-state index in [1.807, 2.05) is 54.7 Å². The summed E-state index contributed by atoms with van der Waals surface area (Å²) in [5, 5.41) is 8.78. The number of rotatable bonds is 5. The van der Waals surface area contributed by atoms with Gasteiger partial charge in [0.05, 0.1) is 18.3 Å². The lowest BCUT2D eigenvalue weighted by Gasteiger charge is -2.17. The summed E-state index contributed by atoms with van der Waals surface area (Å²) < 4.78 is 5.38. The van der Waals surface area contributed by atoms with E-state index >= 15 is 0 Å². The van der Waals surface area contributed by atoms with Gasteiger partial charge in [-0.2, -0.15) is 15.2 Å². The quantitative estimate of drug-likeness (QED) is 0.369. The lowest BCUT2D eigenvalue weighted by atomic mass is 9.90. The van der Waals surface area contributed by atoms with E-state index in [0.29, 0.717) is 6.54 Å². The molecule has 35 heavy (non-hydrogen) atoms. The Kier molecular flexibility index (Phi) is 5.63. The Morgan fingerprint density at radius 3 is 2.46 bits per heavy atom. The number of benzene rings is 1. The number of aryl methyl sites for hydroxylation is 2. The van der Waals surface area contributed by atoms with Gasteiger partial charge in [0.1, 0.15) is 0 Å². The van der Waals surface area contributed by atoms with Crippen molar-refractivity contribution in [3.05, 3.63) is 94.7 Å². The molecule has 0 N–H and O–H groups in total. The van der Waals surface area contributed by atoms with Crippen LogP contribution in [0.3, 0.4) is 0 Å². The Hall–Kier alpha value is -4.00. The lowest BCUT2D eigenvalue weighted by Crippen LogP contribution is -2.25. The molecule has 0 bridgehead atoms. The highest BCUT2D eigenvalue weighted by Crippen LogP contribution is 2.30. The molecule has 0 atom stereocenters. The maximum atomic E-state index is 12.6. The van der Waals surface area contributed by atoms with E-state index in [1.165, 1.54) is 0 Å². The van der Waals surface area contributed by atoms with Crippen LogP contribution in [0.1, 0.15) is 37.6 Å². The fraction of sp³-hybridized carbons (Fsp3) is 0.286. The van der Waals surface area contributed by atoms with Crippen molar-refractivity contribution in [2.75, 3.05) is 0 Å². The molecule has 4 aromatic heterocycles. The van der Waals surface area contributed by atoms with Crippen molar-refractivity contribution in [1.29, 1.82) is 0 Å². The van der Waals surface area contributed by atoms with E-state index in [0.717, 1.165) is 51.0 Å². The number of aromatic nitrogens is 6. The van der Waals surface area contributed by atoms with Crippen molar-refractivity contribution in [3.63, 3.8) is 0 Å². The van der Waals surface area contributed by atoms with Crippen molar-refractivity contribution in [2.45, 2.75) is 40.7 Å². The van der Waals surface area contributed by atoms with E-state index in [2.05, 4.69) is 67.1 Å². The third-order valence-corrected chi connectivity index (χ3v) is 6.18. The number of nitrogens with zero attached hydrogens (tertiary/aromatic N) is 6. The van der Waals surface area contributed by atoms with Crippen molar-refractivity contribution in [1.82, 2.24) is 28.9 Å². The molecule has 0 spiro atoms. The van der Waals surface area contributed by atoms with E-state index in [9.17, 15) is 4.79 Å². The highest BCUT2D eigenvalue weighted by Gasteiger charge is 2.14. The Morgan fingerprint density at radius 1 is 0.943 bits per heavy atom. The summed E-state index contributed by atoms with van der Waals surface area (Å²) >= 11 is 0. The van der Waals surface area contributed by atoms with Gasteiger partial charge in [0, 0.05) is 54.2 Å². The maximum Gasteiger partial charge on any atom is 0.348 e. The Bertz CT molecular complexity index is 1580. The van der Waals surface area contributed by atoms with Crippen LogP contribution in [0.25, 0.3) is 27.8 Å². The molecule has 1 aromatic carbocycles. The fourth-order valence-corrected chi connectivity index (χ4v) is 4.44. The van der Waals surface area contributed by atoms with Crippen LogP contribution in [-0.4, -0.2) is 28.9 Å². The molecule has 178 valence electrons. The van der Waals surface area contributed by atoms with Gasteiger partial charge in [-0.05, 0) is 53.6 Å². The van der Waals surface area contributed by atoms with Gasteiger partial charge >= 0.3 is 5.69 Å². The van der Waals surface area contributed by atoms with Gasteiger partial charge in [0.2, 0.25) is 0 Å². The molecule has 0 radical (unpaired) electrons. The average Bonchev–Trinajstić information content (AvgIpc) is 3.41. The molecular weight excluding hydrogens is 436 g/mol. The Balaban J connectivity index is 1.44. The van der Waals surface area contributed by atoms with Gasteiger partial charge in [-0.25, -0.2) is 9.31 Å². The molecule has 7 nitrogen and oxygen atoms in total. The molecule has 7 heteroatoms. The minimum absolute atomic E-state index is 0.0924. The molecular formula is C28H30N6O. The topological polar surface area (TPSA) is 70.0 Å². The second kappa shape index (κ2) is 8.65. The first-order valence-corrected chi connectivity index (χ1v) is 11.8. The van der Waals surface area contributed by atoms with Gasteiger partial charge in [0.15, 0.2) is 0 Å². The summed E-state index contributed by atoms with van der Waals surface area (Å²) in [6.07, 6.45) is 10.3. The van der Waals surface area contributed by atoms with Gasteiger partial charge in [-0.1, -0.05) is 39.0 Å².